The van der Waals surface area contributed by atoms with Crippen molar-refractivity contribution in [3.8, 4) is 0 Å². The molecule has 1 rings (SSSR count). The first-order chi connectivity index (χ1) is 8.24. The lowest BCUT2D eigenvalue weighted by Gasteiger charge is -2.30. The fourth-order valence-electron chi connectivity index (χ4n) is 1.69. The van der Waals surface area contributed by atoms with Crippen LogP contribution >= 0.6 is 0 Å². The average Bonchev–Trinajstić information content (AvgIpc) is 2.39. The third-order valence-electron chi connectivity index (χ3n) is 2.88. The van der Waals surface area contributed by atoms with Crippen LogP contribution in [0.2, 0.25) is 0 Å². The number of aldehydes is 1. The van der Waals surface area contributed by atoms with Crippen LogP contribution in [0, 0.1) is 0 Å². The molecule has 0 aliphatic rings. The number of carbonyl (C=O) groups excluding carboxylic acids is 1. The topological polar surface area (TPSA) is 42.4 Å². The molecule has 4 nitrogen and oxygen atoms in total. The first kappa shape index (κ1) is 13.6. The van der Waals surface area contributed by atoms with Gasteiger partial charge in [-0.3, -0.25) is 4.79 Å². The van der Waals surface area contributed by atoms with Gasteiger partial charge in [0.15, 0.2) is 6.29 Å². The maximum atomic E-state index is 11.0. The van der Waals surface area contributed by atoms with Crippen LogP contribution in [-0.4, -0.2) is 37.6 Å². The van der Waals surface area contributed by atoms with Crippen molar-refractivity contribution < 1.29 is 9.53 Å². The molecule has 0 N–H and O–H groups in total. The monoisotopic (exact) mass is 236 g/mol. The number of nitrogens with zero attached hydrogens (tertiary/aromatic N) is 2. The Morgan fingerprint density at radius 1 is 1.59 bits per heavy atom. The van der Waals surface area contributed by atoms with Gasteiger partial charge in [-0.1, -0.05) is 6.92 Å². The number of pyridine rings is 1. The molecule has 0 saturated carbocycles. The summed E-state index contributed by atoms with van der Waals surface area (Å²) in [5.41, 5.74) is 0.629. The van der Waals surface area contributed by atoms with Gasteiger partial charge in [-0.2, -0.15) is 0 Å². The van der Waals surface area contributed by atoms with Gasteiger partial charge in [-0.05, 0) is 25.5 Å². The highest BCUT2D eigenvalue weighted by Crippen LogP contribution is 2.19. The Balaban J connectivity index is 2.98. The fourth-order valence-corrected chi connectivity index (χ4v) is 1.69. The van der Waals surface area contributed by atoms with E-state index in [9.17, 15) is 4.79 Å². The van der Waals surface area contributed by atoms with Gasteiger partial charge in [0.25, 0.3) is 0 Å². The number of methoxy groups -OCH3 is 1. The number of hydrogen-bond donors (Lipinski definition) is 0. The fraction of sp³-hybridized carbons (Fsp3) is 0.538. The molecule has 17 heavy (non-hydrogen) atoms. The highest BCUT2D eigenvalue weighted by Gasteiger charge is 2.16. The van der Waals surface area contributed by atoms with Crippen LogP contribution in [0.3, 0.4) is 0 Å². The third kappa shape index (κ3) is 3.53. The minimum absolute atomic E-state index is 0.332. The Bertz CT molecular complexity index is 355. The molecule has 1 aromatic rings. The Kier molecular flexibility index (Phi) is 5.63. The molecule has 0 aliphatic carbocycles. The molecule has 0 aliphatic heterocycles. The summed E-state index contributed by atoms with van der Waals surface area (Å²) in [7, 11) is 1.67. The number of hydrogen-bond acceptors (Lipinski definition) is 4. The van der Waals surface area contributed by atoms with Crippen molar-refractivity contribution in [2.24, 2.45) is 0 Å². The molecule has 0 fully saturated rings. The molecule has 1 heterocycles. The number of ether oxygens (including phenoxy) is 1. The van der Waals surface area contributed by atoms with Crippen molar-refractivity contribution >= 4 is 12.1 Å². The standard InChI is InChI=1S/C13H20N2O2/c1-4-11(2)15(8-9-17-3)13-12(10-16)6-5-7-14-13/h5-7,10-11H,4,8-9H2,1-3H3. The molecule has 0 aromatic carbocycles. The van der Waals surface area contributed by atoms with E-state index in [-0.39, 0.29) is 0 Å². The normalized spacial score (nSPS) is 12.2. The molecular formula is C13H20N2O2. The Hall–Kier alpha value is -1.42. The van der Waals surface area contributed by atoms with Crippen molar-refractivity contribution in [3.63, 3.8) is 0 Å². The van der Waals surface area contributed by atoms with Gasteiger partial charge in [0.05, 0.1) is 12.2 Å². The lowest BCUT2D eigenvalue weighted by atomic mass is 10.2. The minimum atomic E-state index is 0.332. The lowest BCUT2D eigenvalue weighted by Crippen LogP contribution is -2.36. The average molecular weight is 236 g/mol. The molecule has 0 radical (unpaired) electrons. The van der Waals surface area contributed by atoms with E-state index in [1.165, 1.54) is 0 Å². The first-order valence-corrected chi connectivity index (χ1v) is 5.90. The summed E-state index contributed by atoms with van der Waals surface area (Å²) < 4.78 is 5.10. The Morgan fingerprint density at radius 3 is 2.94 bits per heavy atom. The molecule has 0 spiro atoms. The number of anilines is 1. The van der Waals surface area contributed by atoms with E-state index < -0.39 is 0 Å². The van der Waals surface area contributed by atoms with Crippen LogP contribution < -0.4 is 4.90 Å². The van der Waals surface area contributed by atoms with Crippen LogP contribution in [-0.2, 0) is 4.74 Å². The summed E-state index contributed by atoms with van der Waals surface area (Å²) in [6.07, 6.45) is 3.56. The van der Waals surface area contributed by atoms with E-state index in [0.29, 0.717) is 18.2 Å². The molecule has 1 atom stereocenters. The molecule has 0 amide bonds. The van der Waals surface area contributed by atoms with Gasteiger partial charge in [0, 0.05) is 25.9 Å². The van der Waals surface area contributed by atoms with E-state index in [1.807, 2.05) is 0 Å². The van der Waals surface area contributed by atoms with Crippen molar-refractivity contribution in [1.82, 2.24) is 4.98 Å². The highest BCUT2D eigenvalue weighted by molar-refractivity contribution is 5.82. The second-order valence-corrected chi connectivity index (χ2v) is 3.98. The zero-order valence-electron chi connectivity index (χ0n) is 10.7. The van der Waals surface area contributed by atoms with Gasteiger partial charge in [0.1, 0.15) is 5.82 Å². The first-order valence-electron chi connectivity index (χ1n) is 5.90. The molecular weight excluding hydrogens is 216 g/mol. The Labute approximate surface area is 103 Å². The predicted molar refractivity (Wildman–Crippen MR) is 68.6 cm³/mol. The minimum Gasteiger partial charge on any atom is -0.383 e. The highest BCUT2D eigenvalue weighted by atomic mass is 16.5. The summed E-state index contributed by atoms with van der Waals surface area (Å²) in [5, 5.41) is 0. The number of aromatic nitrogens is 1. The van der Waals surface area contributed by atoms with Crippen molar-refractivity contribution in [2.45, 2.75) is 26.3 Å². The van der Waals surface area contributed by atoms with Gasteiger partial charge in [0.2, 0.25) is 0 Å². The number of carbonyl (C=O) groups is 1. The van der Waals surface area contributed by atoms with E-state index in [4.69, 9.17) is 4.74 Å². The maximum Gasteiger partial charge on any atom is 0.153 e. The van der Waals surface area contributed by atoms with Crippen LogP contribution in [0.4, 0.5) is 5.82 Å². The van der Waals surface area contributed by atoms with Crippen LogP contribution in [0.1, 0.15) is 30.6 Å². The van der Waals surface area contributed by atoms with E-state index in [2.05, 4.69) is 23.7 Å². The van der Waals surface area contributed by atoms with Crippen LogP contribution in [0.15, 0.2) is 18.3 Å². The summed E-state index contributed by atoms with van der Waals surface area (Å²) >= 11 is 0. The summed E-state index contributed by atoms with van der Waals surface area (Å²) in [6, 6.07) is 3.90. The Morgan fingerprint density at radius 2 is 2.35 bits per heavy atom. The molecule has 1 unspecified atom stereocenters. The van der Waals surface area contributed by atoms with Crippen LogP contribution in [0.5, 0.6) is 0 Å². The zero-order valence-corrected chi connectivity index (χ0v) is 10.7. The molecule has 0 saturated heterocycles. The molecule has 94 valence electrons. The van der Waals surface area contributed by atoms with Gasteiger partial charge in [-0.15, -0.1) is 0 Å². The maximum absolute atomic E-state index is 11.0. The smallest absolute Gasteiger partial charge is 0.153 e. The SMILES string of the molecule is CCC(C)N(CCOC)c1ncccc1C=O. The quantitative estimate of drug-likeness (QED) is 0.680. The lowest BCUT2D eigenvalue weighted by molar-refractivity contribution is 0.112. The van der Waals surface area contributed by atoms with Crippen molar-refractivity contribution in [2.75, 3.05) is 25.2 Å². The van der Waals surface area contributed by atoms with Crippen molar-refractivity contribution in [1.29, 1.82) is 0 Å². The summed E-state index contributed by atoms with van der Waals surface area (Å²) in [6.45, 7) is 5.61. The second kappa shape index (κ2) is 7.01. The molecule has 0 bridgehead atoms. The van der Waals surface area contributed by atoms with Gasteiger partial charge >= 0.3 is 0 Å². The molecule has 1 aromatic heterocycles. The van der Waals surface area contributed by atoms with Crippen molar-refractivity contribution in [3.05, 3.63) is 23.9 Å². The molecule has 4 heteroatoms. The van der Waals surface area contributed by atoms with E-state index in [0.717, 1.165) is 25.1 Å². The van der Waals surface area contributed by atoms with E-state index >= 15 is 0 Å². The number of rotatable bonds is 7. The van der Waals surface area contributed by atoms with E-state index in [1.54, 1.807) is 25.4 Å². The second-order valence-electron chi connectivity index (χ2n) is 3.98. The third-order valence-corrected chi connectivity index (χ3v) is 2.88. The largest absolute Gasteiger partial charge is 0.383 e. The van der Waals surface area contributed by atoms with Crippen LogP contribution in [0.25, 0.3) is 0 Å². The summed E-state index contributed by atoms with van der Waals surface area (Å²) in [5.74, 6) is 0.744. The summed E-state index contributed by atoms with van der Waals surface area (Å²) in [4.78, 5) is 17.4. The van der Waals surface area contributed by atoms with Gasteiger partial charge < -0.3 is 9.64 Å². The zero-order chi connectivity index (χ0) is 12.7. The van der Waals surface area contributed by atoms with Gasteiger partial charge in [-0.25, -0.2) is 4.98 Å². The predicted octanol–water partition coefficient (Wildman–Crippen LogP) is 2.15.